The zero-order chi connectivity index (χ0) is 15.9. The molecule has 0 saturated carbocycles. The SMILES string of the molecule is CCOC(=O)C(C)(C)Oc1ccc(CCCC(=O)O)cc1.Cl. The van der Waals surface area contributed by atoms with E-state index in [1.165, 1.54) is 0 Å². The second-order valence-corrected chi connectivity index (χ2v) is 5.22. The number of hydrogen-bond acceptors (Lipinski definition) is 4. The van der Waals surface area contributed by atoms with Gasteiger partial charge in [-0.15, -0.1) is 12.4 Å². The van der Waals surface area contributed by atoms with Crippen LogP contribution in [-0.2, 0) is 20.7 Å². The second kappa shape index (κ2) is 9.30. The first kappa shape index (κ1) is 20.2. The third kappa shape index (κ3) is 6.80. The number of benzene rings is 1. The Hall–Kier alpha value is -1.75. The molecule has 0 aromatic heterocycles. The quantitative estimate of drug-likeness (QED) is 0.741. The van der Waals surface area contributed by atoms with Gasteiger partial charge in [-0.2, -0.15) is 0 Å². The Morgan fingerprint density at radius 3 is 2.27 bits per heavy atom. The van der Waals surface area contributed by atoms with Crippen molar-refractivity contribution >= 4 is 24.3 Å². The lowest BCUT2D eigenvalue weighted by molar-refractivity contribution is -0.158. The number of aliphatic carboxylic acids is 1. The third-order valence-corrected chi connectivity index (χ3v) is 2.92. The smallest absolute Gasteiger partial charge is 0.349 e. The van der Waals surface area contributed by atoms with Crippen LogP contribution >= 0.6 is 12.4 Å². The molecule has 1 N–H and O–H groups in total. The van der Waals surface area contributed by atoms with Gasteiger partial charge in [0.15, 0.2) is 5.60 Å². The van der Waals surface area contributed by atoms with Crippen molar-refractivity contribution in [3.05, 3.63) is 29.8 Å². The van der Waals surface area contributed by atoms with Crippen molar-refractivity contribution in [3.8, 4) is 5.75 Å². The first-order chi connectivity index (χ1) is 9.85. The van der Waals surface area contributed by atoms with Crippen LogP contribution in [-0.4, -0.2) is 29.3 Å². The maximum atomic E-state index is 11.7. The molecule has 0 spiro atoms. The Bertz CT molecular complexity index is 482. The summed E-state index contributed by atoms with van der Waals surface area (Å²) < 4.78 is 10.6. The third-order valence-electron chi connectivity index (χ3n) is 2.92. The lowest BCUT2D eigenvalue weighted by Gasteiger charge is -2.24. The van der Waals surface area contributed by atoms with Crippen LogP contribution in [0.15, 0.2) is 24.3 Å². The van der Waals surface area contributed by atoms with E-state index in [0.717, 1.165) is 5.56 Å². The maximum Gasteiger partial charge on any atom is 0.349 e. The highest BCUT2D eigenvalue weighted by molar-refractivity contribution is 5.85. The fraction of sp³-hybridized carbons (Fsp3) is 0.500. The molecular weight excluding hydrogens is 308 g/mol. The van der Waals surface area contributed by atoms with Crippen LogP contribution in [0.25, 0.3) is 0 Å². The molecule has 0 aliphatic heterocycles. The van der Waals surface area contributed by atoms with E-state index < -0.39 is 17.5 Å². The number of ether oxygens (including phenoxy) is 2. The monoisotopic (exact) mass is 330 g/mol. The number of carboxylic acids is 1. The van der Waals surface area contributed by atoms with E-state index in [-0.39, 0.29) is 18.8 Å². The average Bonchev–Trinajstić information content (AvgIpc) is 2.40. The molecule has 0 bridgehead atoms. The number of rotatable bonds is 8. The highest BCUT2D eigenvalue weighted by Crippen LogP contribution is 2.20. The van der Waals surface area contributed by atoms with Crippen molar-refractivity contribution in [1.29, 1.82) is 0 Å². The second-order valence-electron chi connectivity index (χ2n) is 5.22. The van der Waals surface area contributed by atoms with Gasteiger partial charge in [0.05, 0.1) is 6.61 Å². The molecule has 5 nitrogen and oxygen atoms in total. The molecule has 0 fully saturated rings. The molecule has 0 radical (unpaired) electrons. The van der Waals surface area contributed by atoms with E-state index in [4.69, 9.17) is 14.6 Å². The van der Waals surface area contributed by atoms with Crippen molar-refractivity contribution in [2.75, 3.05) is 6.61 Å². The van der Waals surface area contributed by atoms with Crippen LogP contribution in [0.3, 0.4) is 0 Å². The van der Waals surface area contributed by atoms with Crippen LogP contribution in [0.2, 0.25) is 0 Å². The van der Waals surface area contributed by atoms with Gasteiger partial charge in [-0.3, -0.25) is 4.79 Å². The molecule has 0 heterocycles. The minimum Gasteiger partial charge on any atom is -0.481 e. The predicted octanol–water partition coefficient (Wildman–Crippen LogP) is 3.24. The van der Waals surface area contributed by atoms with Crippen molar-refractivity contribution in [2.24, 2.45) is 0 Å². The van der Waals surface area contributed by atoms with E-state index in [1.54, 1.807) is 32.9 Å². The molecule has 6 heteroatoms. The molecule has 0 unspecified atom stereocenters. The fourth-order valence-corrected chi connectivity index (χ4v) is 1.81. The van der Waals surface area contributed by atoms with Crippen molar-refractivity contribution in [3.63, 3.8) is 0 Å². The summed E-state index contributed by atoms with van der Waals surface area (Å²) in [6.45, 7) is 5.38. The number of halogens is 1. The summed E-state index contributed by atoms with van der Waals surface area (Å²) in [5, 5.41) is 8.60. The van der Waals surface area contributed by atoms with E-state index >= 15 is 0 Å². The summed E-state index contributed by atoms with van der Waals surface area (Å²) in [6, 6.07) is 7.30. The van der Waals surface area contributed by atoms with Crippen molar-refractivity contribution in [2.45, 2.75) is 45.6 Å². The Balaban J connectivity index is 0.00000441. The Morgan fingerprint density at radius 2 is 1.77 bits per heavy atom. The molecule has 0 amide bonds. The summed E-state index contributed by atoms with van der Waals surface area (Å²) in [6.07, 6.45) is 1.46. The number of hydrogen-bond donors (Lipinski definition) is 1. The Labute approximate surface area is 137 Å². The molecule has 1 aromatic carbocycles. The van der Waals surface area contributed by atoms with Crippen LogP contribution in [0.1, 0.15) is 39.2 Å². The summed E-state index contributed by atoms with van der Waals surface area (Å²) in [4.78, 5) is 22.2. The zero-order valence-corrected chi connectivity index (χ0v) is 13.9. The first-order valence-corrected chi connectivity index (χ1v) is 7.02. The van der Waals surface area contributed by atoms with Crippen molar-refractivity contribution in [1.82, 2.24) is 0 Å². The number of esters is 1. The van der Waals surface area contributed by atoms with E-state index in [2.05, 4.69) is 0 Å². The molecule has 1 aromatic rings. The number of carbonyl (C=O) groups excluding carboxylic acids is 1. The van der Waals surface area contributed by atoms with Gasteiger partial charge in [0.2, 0.25) is 0 Å². The number of carboxylic acid groups (broad SMARTS) is 1. The van der Waals surface area contributed by atoms with Crippen LogP contribution in [0, 0.1) is 0 Å². The predicted molar refractivity (Wildman–Crippen MR) is 85.6 cm³/mol. The van der Waals surface area contributed by atoms with Gasteiger partial charge < -0.3 is 14.6 Å². The van der Waals surface area contributed by atoms with Crippen LogP contribution < -0.4 is 4.74 Å². The summed E-state index contributed by atoms with van der Waals surface area (Å²) >= 11 is 0. The topological polar surface area (TPSA) is 72.8 Å². The minimum absolute atomic E-state index is 0. The lowest BCUT2D eigenvalue weighted by atomic mass is 10.1. The molecule has 0 atom stereocenters. The fourth-order valence-electron chi connectivity index (χ4n) is 1.81. The lowest BCUT2D eigenvalue weighted by Crippen LogP contribution is -2.39. The van der Waals surface area contributed by atoms with Gasteiger partial charge in [0, 0.05) is 6.42 Å². The Morgan fingerprint density at radius 1 is 1.18 bits per heavy atom. The normalized spacial score (nSPS) is 10.5. The van der Waals surface area contributed by atoms with Gasteiger partial charge in [0.1, 0.15) is 5.75 Å². The first-order valence-electron chi connectivity index (χ1n) is 7.02. The maximum absolute atomic E-state index is 11.7. The average molecular weight is 331 g/mol. The Kier molecular flexibility index (Phi) is 8.56. The standard InChI is InChI=1S/C16H22O5.ClH/c1-4-20-15(19)16(2,3)21-13-10-8-12(9-11-13)6-5-7-14(17)18;/h8-11H,4-7H2,1-3H3,(H,17,18);1H. The summed E-state index contributed by atoms with van der Waals surface area (Å²) in [7, 11) is 0. The van der Waals surface area contributed by atoms with Gasteiger partial charge >= 0.3 is 11.9 Å². The van der Waals surface area contributed by atoms with Gasteiger partial charge in [-0.25, -0.2) is 4.79 Å². The minimum atomic E-state index is -1.04. The molecular formula is C16H23ClO5. The highest BCUT2D eigenvalue weighted by Gasteiger charge is 2.31. The van der Waals surface area contributed by atoms with Gasteiger partial charge in [-0.05, 0) is 51.3 Å². The zero-order valence-electron chi connectivity index (χ0n) is 13.1. The largest absolute Gasteiger partial charge is 0.481 e. The molecule has 1 rings (SSSR count). The van der Waals surface area contributed by atoms with Gasteiger partial charge in [-0.1, -0.05) is 12.1 Å². The van der Waals surface area contributed by atoms with Gasteiger partial charge in [0.25, 0.3) is 0 Å². The summed E-state index contributed by atoms with van der Waals surface area (Å²) in [5.41, 5.74) is -0.00145. The molecule has 124 valence electrons. The molecule has 0 saturated heterocycles. The summed E-state index contributed by atoms with van der Waals surface area (Å²) in [5.74, 6) is -0.614. The molecule has 0 aliphatic rings. The van der Waals surface area contributed by atoms with Crippen LogP contribution in [0.4, 0.5) is 0 Å². The molecule has 22 heavy (non-hydrogen) atoms. The number of carbonyl (C=O) groups is 2. The molecule has 0 aliphatic carbocycles. The van der Waals surface area contributed by atoms with E-state index in [1.807, 2.05) is 12.1 Å². The van der Waals surface area contributed by atoms with Crippen molar-refractivity contribution < 1.29 is 24.2 Å². The van der Waals surface area contributed by atoms with E-state index in [0.29, 0.717) is 25.2 Å². The van der Waals surface area contributed by atoms with E-state index in [9.17, 15) is 9.59 Å². The van der Waals surface area contributed by atoms with Crippen LogP contribution in [0.5, 0.6) is 5.75 Å². The highest BCUT2D eigenvalue weighted by atomic mass is 35.5. The number of aryl methyl sites for hydroxylation is 1.